The zero-order chi connectivity index (χ0) is 9.68. The maximum Gasteiger partial charge on any atom is 0.126 e. The standard InChI is InChI=1S/C10H11FN2/c11-10(4-5-12)9-3-1-2-8(6-9)7-13/h1-3,6,10H,4-5,12H2. The zero-order valence-corrected chi connectivity index (χ0v) is 7.20. The molecule has 0 spiro atoms. The number of nitrogens with two attached hydrogens (primary N) is 1. The van der Waals surface area contributed by atoms with Crippen molar-refractivity contribution in [2.24, 2.45) is 5.73 Å². The van der Waals surface area contributed by atoms with E-state index in [1.807, 2.05) is 6.07 Å². The molecule has 0 aliphatic rings. The lowest BCUT2D eigenvalue weighted by molar-refractivity contribution is 0.327. The monoisotopic (exact) mass is 178 g/mol. The number of nitrogens with zero attached hydrogens (tertiary/aromatic N) is 1. The van der Waals surface area contributed by atoms with Crippen LogP contribution in [0, 0.1) is 11.3 Å². The first-order valence-corrected chi connectivity index (χ1v) is 4.12. The Hall–Kier alpha value is -1.40. The lowest BCUT2D eigenvalue weighted by Gasteiger charge is -2.06. The van der Waals surface area contributed by atoms with Gasteiger partial charge in [0.1, 0.15) is 6.17 Å². The molecule has 0 saturated heterocycles. The van der Waals surface area contributed by atoms with Crippen LogP contribution in [-0.2, 0) is 0 Å². The fraction of sp³-hybridized carbons (Fsp3) is 0.300. The van der Waals surface area contributed by atoms with Crippen LogP contribution < -0.4 is 5.73 Å². The van der Waals surface area contributed by atoms with E-state index < -0.39 is 6.17 Å². The van der Waals surface area contributed by atoms with Crippen molar-refractivity contribution in [3.63, 3.8) is 0 Å². The van der Waals surface area contributed by atoms with Gasteiger partial charge in [-0.3, -0.25) is 0 Å². The van der Waals surface area contributed by atoms with E-state index in [4.69, 9.17) is 11.0 Å². The molecule has 2 N–H and O–H groups in total. The van der Waals surface area contributed by atoms with Crippen LogP contribution in [0.3, 0.4) is 0 Å². The quantitative estimate of drug-likeness (QED) is 0.768. The van der Waals surface area contributed by atoms with Gasteiger partial charge in [0.25, 0.3) is 0 Å². The SMILES string of the molecule is N#Cc1cccc(C(F)CCN)c1. The van der Waals surface area contributed by atoms with Crippen LogP contribution in [0.4, 0.5) is 4.39 Å². The molecule has 0 amide bonds. The van der Waals surface area contributed by atoms with E-state index in [-0.39, 0.29) is 0 Å². The summed E-state index contributed by atoms with van der Waals surface area (Å²) in [6.07, 6.45) is -0.757. The molecule has 0 heterocycles. The van der Waals surface area contributed by atoms with Crippen molar-refractivity contribution in [1.29, 1.82) is 5.26 Å². The molecule has 0 aromatic heterocycles. The van der Waals surface area contributed by atoms with Gasteiger partial charge in [-0.25, -0.2) is 4.39 Å². The number of alkyl halides is 1. The second-order valence-electron chi connectivity index (χ2n) is 2.78. The van der Waals surface area contributed by atoms with E-state index >= 15 is 0 Å². The molecule has 13 heavy (non-hydrogen) atoms. The molecular weight excluding hydrogens is 167 g/mol. The van der Waals surface area contributed by atoms with Crippen LogP contribution in [0.1, 0.15) is 23.7 Å². The van der Waals surface area contributed by atoms with E-state index in [9.17, 15) is 4.39 Å². The minimum Gasteiger partial charge on any atom is -0.330 e. The molecule has 0 radical (unpaired) electrons. The first-order chi connectivity index (χ1) is 6.27. The Morgan fingerprint density at radius 2 is 2.31 bits per heavy atom. The van der Waals surface area contributed by atoms with Crippen LogP contribution in [0.2, 0.25) is 0 Å². The van der Waals surface area contributed by atoms with Gasteiger partial charge in [0.15, 0.2) is 0 Å². The molecule has 1 atom stereocenters. The van der Waals surface area contributed by atoms with Crippen molar-refractivity contribution in [2.75, 3.05) is 6.54 Å². The summed E-state index contributed by atoms with van der Waals surface area (Å²) in [6.45, 7) is 0.317. The smallest absolute Gasteiger partial charge is 0.126 e. The van der Waals surface area contributed by atoms with E-state index in [0.29, 0.717) is 24.1 Å². The number of halogens is 1. The Labute approximate surface area is 76.8 Å². The van der Waals surface area contributed by atoms with Gasteiger partial charge in [0.05, 0.1) is 11.6 Å². The Morgan fingerprint density at radius 1 is 1.54 bits per heavy atom. The second kappa shape index (κ2) is 4.58. The van der Waals surface area contributed by atoms with Gasteiger partial charge in [-0.05, 0) is 30.7 Å². The summed E-state index contributed by atoms with van der Waals surface area (Å²) in [5, 5.41) is 8.58. The Balaban J connectivity index is 2.83. The topological polar surface area (TPSA) is 49.8 Å². The molecule has 2 nitrogen and oxygen atoms in total. The number of hydrogen-bond donors (Lipinski definition) is 1. The summed E-state index contributed by atoms with van der Waals surface area (Å²) in [5.74, 6) is 0. The molecule has 0 bridgehead atoms. The molecule has 0 aliphatic heterocycles. The highest BCUT2D eigenvalue weighted by Crippen LogP contribution is 2.20. The van der Waals surface area contributed by atoms with Gasteiger partial charge in [-0.1, -0.05) is 12.1 Å². The predicted octanol–water partition coefficient (Wildman–Crippen LogP) is 1.92. The van der Waals surface area contributed by atoms with E-state index in [0.717, 1.165) is 0 Å². The van der Waals surface area contributed by atoms with E-state index in [2.05, 4.69) is 0 Å². The van der Waals surface area contributed by atoms with Crippen molar-refractivity contribution in [2.45, 2.75) is 12.6 Å². The molecule has 0 saturated carbocycles. The highest BCUT2D eigenvalue weighted by atomic mass is 19.1. The minimum atomic E-state index is -1.06. The summed E-state index contributed by atoms with van der Waals surface area (Å²) in [5.41, 5.74) is 6.25. The number of benzene rings is 1. The number of nitriles is 1. The normalized spacial score (nSPS) is 12.1. The number of hydrogen-bond acceptors (Lipinski definition) is 2. The Kier molecular flexibility index (Phi) is 3.41. The molecular formula is C10H11FN2. The molecule has 3 heteroatoms. The highest BCUT2D eigenvalue weighted by Gasteiger charge is 2.08. The van der Waals surface area contributed by atoms with Crippen molar-refractivity contribution in [3.05, 3.63) is 35.4 Å². The molecule has 1 unspecified atom stereocenters. The van der Waals surface area contributed by atoms with Gasteiger partial charge < -0.3 is 5.73 Å². The van der Waals surface area contributed by atoms with E-state index in [1.54, 1.807) is 24.3 Å². The minimum absolute atomic E-state index is 0.300. The predicted molar refractivity (Wildman–Crippen MR) is 48.7 cm³/mol. The first kappa shape index (κ1) is 9.69. The van der Waals surface area contributed by atoms with Crippen LogP contribution in [0.25, 0.3) is 0 Å². The molecule has 1 aromatic carbocycles. The lowest BCUT2D eigenvalue weighted by atomic mass is 10.1. The van der Waals surface area contributed by atoms with Crippen molar-refractivity contribution in [1.82, 2.24) is 0 Å². The third-order valence-corrected chi connectivity index (χ3v) is 1.80. The average molecular weight is 178 g/mol. The van der Waals surface area contributed by atoms with Gasteiger partial charge in [0, 0.05) is 0 Å². The van der Waals surface area contributed by atoms with Crippen LogP contribution in [-0.4, -0.2) is 6.54 Å². The first-order valence-electron chi connectivity index (χ1n) is 4.12. The third kappa shape index (κ3) is 2.53. The van der Waals surface area contributed by atoms with Crippen molar-refractivity contribution < 1.29 is 4.39 Å². The maximum atomic E-state index is 13.3. The summed E-state index contributed by atoms with van der Waals surface area (Å²) in [4.78, 5) is 0. The Bertz CT molecular complexity index is 317. The molecule has 1 aromatic rings. The van der Waals surface area contributed by atoms with Gasteiger partial charge in [-0.15, -0.1) is 0 Å². The third-order valence-electron chi connectivity index (χ3n) is 1.80. The van der Waals surface area contributed by atoms with Gasteiger partial charge in [-0.2, -0.15) is 5.26 Å². The summed E-state index contributed by atoms with van der Waals surface area (Å²) in [7, 11) is 0. The van der Waals surface area contributed by atoms with Crippen molar-refractivity contribution in [3.8, 4) is 6.07 Å². The molecule has 1 rings (SSSR count). The van der Waals surface area contributed by atoms with Gasteiger partial charge >= 0.3 is 0 Å². The maximum absolute atomic E-state index is 13.3. The summed E-state index contributed by atoms with van der Waals surface area (Å²) >= 11 is 0. The second-order valence-corrected chi connectivity index (χ2v) is 2.78. The van der Waals surface area contributed by atoms with Gasteiger partial charge in [0.2, 0.25) is 0 Å². The average Bonchev–Trinajstić information content (AvgIpc) is 2.18. The molecule has 68 valence electrons. The molecule has 0 fully saturated rings. The summed E-state index contributed by atoms with van der Waals surface area (Å²) in [6, 6.07) is 8.52. The highest BCUT2D eigenvalue weighted by molar-refractivity contribution is 5.33. The summed E-state index contributed by atoms with van der Waals surface area (Å²) < 4.78 is 13.3. The fourth-order valence-electron chi connectivity index (χ4n) is 1.12. The van der Waals surface area contributed by atoms with Crippen LogP contribution in [0.15, 0.2) is 24.3 Å². The largest absolute Gasteiger partial charge is 0.330 e. The Morgan fingerprint density at radius 3 is 2.92 bits per heavy atom. The molecule has 0 aliphatic carbocycles. The van der Waals surface area contributed by atoms with Crippen molar-refractivity contribution >= 4 is 0 Å². The zero-order valence-electron chi connectivity index (χ0n) is 7.20. The fourth-order valence-corrected chi connectivity index (χ4v) is 1.12. The number of rotatable bonds is 3. The lowest BCUT2D eigenvalue weighted by Crippen LogP contribution is -2.03. The van der Waals surface area contributed by atoms with E-state index in [1.165, 1.54) is 0 Å². The van der Waals surface area contributed by atoms with Crippen LogP contribution >= 0.6 is 0 Å². The van der Waals surface area contributed by atoms with Crippen LogP contribution in [0.5, 0.6) is 0 Å².